The van der Waals surface area contributed by atoms with Gasteiger partial charge >= 0.3 is 0 Å². The molecule has 3 heterocycles. The number of hydrogen-bond donors (Lipinski definition) is 2. The third kappa shape index (κ3) is 4.20. The third-order valence-corrected chi connectivity index (χ3v) is 6.50. The minimum atomic E-state index is -0.641. The van der Waals surface area contributed by atoms with Gasteiger partial charge in [-0.25, -0.2) is 0 Å². The maximum Gasteiger partial charge on any atom is 0.252 e. The third-order valence-electron chi connectivity index (χ3n) is 6.50. The highest BCUT2D eigenvalue weighted by Gasteiger charge is 2.53. The number of fused-ring (bicyclic) bond motifs is 2. The fourth-order valence-electron chi connectivity index (χ4n) is 5.16. The van der Waals surface area contributed by atoms with Crippen molar-refractivity contribution in [2.45, 2.75) is 44.8 Å². The van der Waals surface area contributed by atoms with E-state index in [4.69, 9.17) is 0 Å². The summed E-state index contributed by atoms with van der Waals surface area (Å²) in [6.07, 6.45) is 4.02. The SMILES string of the molecule is CC(C)(C)NC(=O)[C@@H]1CN(Cc2ccc3nccnc3c2)C[C@]12Cc1ccccc1C(=O)N2. The van der Waals surface area contributed by atoms with Gasteiger partial charge in [0.1, 0.15) is 0 Å². The van der Waals surface area contributed by atoms with Gasteiger partial charge in [-0.1, -0.05) is 24.3 Å². The fraction of sp³-hybridized carbons (Fsp3) is 0.385. The van der Waals surface area contributed by atoms with Gasteiger partial charge in [0.05, 0.1) is 22.5 Å². The van der Waals surface area contributed by atoms with Crippen molar-refractivity contribution < 1.29 is 9.59 Å². The minimum absolute atomic E-state index is 0.0194. The van der Waals surface area contributed by atoms with Gasteiger partial charge < -0.3 is 10.6 Å². The Kier molecular flexibility index (Phi) is 5.16. The number of hydrogen-bond acceptors (Lipinski definition) is 5. The molecular weight excluding hydrogens is 414 g/mol. The Hall–Kier alpha value is -3.32. The molecule has 7 nitrogen and oxygen atoms in total. The molecule has 33 heavy (non-hydrogen) atoms. The van der Waals surface area contributed by atoms with Crippen LogP contribution in [0.25, 0.3) is 11.0 Å². The monoisotopic (exact) mass is 443 g/mol. The summed E-state index contributed by atoms with van der Waals surface area (Å²) < 4.78 is 0. The summed E-state index contributed by atoms with van der Waals surface area (Å²) in [5, 5.41) is 6.39. The predicted octanol–water partition coefficient (Wildman–Crippen LogP) is 2.70. The largest absolute Gasteiger partial charge is 0.351 e. The molecule has 170 valence electrons. The highest BCUT2D eigenvalue weighted by molar-refractivity contribution is 5.98. The van der Waals surface area contributed by atoms with Crippen molar-refractivity contribution in [1.29, 1.82) is 0 Å². The predicted molar refractivity (Wildman–Crippen MR) is 127 cm³/mol. The van der Waals surface area contributed by atoms with E-state index in [0.717, 1.165) is 22.2 Å². The van der Waals surface area contributed by atoms with E-state index in [1.54, 1.807) is 12.4 Å². The molecule has 2 amide bonds. The lowest BCUT2D eigenvalue weighted by atomic mass is 9.76. The summed E-state index contributed by atoms with van der Waals surface area (Å²) in [5.74, 6) is -0.475. The number of rotatable bonds is 3. The first-order valence-electron chi connectivity index (χ1n) is 11.4. The standard InChI is InChI=1S/C26H29N5O2/c1-25(2,3)29-24(33)20-15-31(14-17-8-9-21-22(12-17)28-11-10-27-21)16-26(20)13-18-6-4-5-7-19(18)23(32)30-26/h4-12,20H,13-16H2,1-3H3,(H,29,33)(H,30,32)/t20-,26+/m0/s1. The Morgan fingerprint density at radius 3 is 2.70 bits per heavy atom. The number of nitrogens with one attached hydrogen (secondary N) is 2. The van der Waals surface area contributed by atoms with Crippen LogP contribution in [0.5, 0.6) is 0 Å². The van der Waals surface area contributed by atoms with Crippen molar-refractivity contribution in [3.05, 3.63) is 71.5 Å². The van der Waals surface area contributed by atoms with E-state index < -0.39 is 5.54 Å². The van der Waals surface area contributed by atoms with Crippen molar-refractivity contribution in [3.8, 4) is 0 Å². The number of benzene rings is 2. The molecule has 0 saturated carbocycles. The van der Waals surface area contributed by atoms with Crippen molar-refractivity contribution in [2.24, 2.45) is 5.92 Å². The highest BCUT2D eigenvalue weighted by atomic mass is 16.2. The van der Waals surface area contributed by atoms with Crippen LogP contribution in [0, 0.1) is 5.92 Å². The van der Waals surface area contributed by atoms with E-state index in [2.05, 4.69) is 31.6 Å². The molecule has 0 radical (unpaired) electrons. The normalized spacial score (nSPS) is 22.9. The molecule has 7 heteroatoms. The molecule has 2 N–H and O–H groups in total. The average molecular weight is 444 g/mol. The molecule has 0 aliphatic carbocycles. The van der Waals surface area contributed by atoms with Crippen LogP contribution in [0.1, 0.15) is 42.3 Å². The summed E-state index contributed by atoms with van der Waals surface area (Å²) in [5.41, 5.74) is 3.53. The highest BCUT2D eigenvalue weighted by Crippen LogP contribution is 2.36. The second kappa shape index (κ2) is 7.92. The average Bonchev–Trinajstić information content (AvgIpc) is 3.09. The van der Waals surface area contributed by atoms with Crippen LogP contribution in [-0.4, -0.2) is 50.8 Å². The zero-order valence-electron chi connectivity index (χ0n) is 19.3. The molecule has 1 fully saturated rings. The second-order valence-corrected chi connectivity index (χ2v) is 10.3. The van der Waals surface area contributed by atoms with Gasteiger partial charge in [-0.15, -0.1) is 0 Å². The maximum absolute atomic E-state index is 13.4. The van der Waals surface area contributed by atoms with Crippen LogP contribution in [0.2, 0.25) is 0 Å². The number of amides is 2. The summed E-state index contributed by atoms with van der Waals surface area (Å²) in [6.45, 7) is 7.79. The molecule has 1 aromatic heterocycles. The van der Waals surface area contributed by atoms with Crippen LogP contribution in [0.4, 0.5) is 0 Å². The van der Waals surface area contributed by atoms with Crippen molar-refractivity contribution in [2.75, 3.05) is 13.1 Å². The number of carbonyl (C=O) groups is 2. The van der Waals surface area contributed by atoms with E-state index in [-0.39, 0.29) is 23.3 Å². The van der Waals surface area contributed by atoms with E-state index in [9.17, 15) is 9.59 Å². The molecular formula is C26H29N5O2. The van der Waals surface area contributed by atoms with Gasteiger partial charge in [0, 0.05) is 43.1 Å². The van der Waals surface area contributed by atoms with Crippen LogP contribution in [0.3, 0.4) is 0 Å². The number of likely N-dealkylation sites (tertiary alicyclic amines) is 1. The van der Waals surface area contributed by atoms with Gasteiger partial charge in [0.25, 0.3) is 5.91 Å². The Labute approximate surface area is 193 Å². The van der Waals surface area contributed by atoms with Crippen molar-refractivity contribution in [1.82, 2.24) is 25.5 Å². The van der Waals surface area contributed by atoms with E-state index in [0.29, 0.717) is 31.6 Å². The molecule has 2 aromatic carbocycles. The van der Waals surface area contributed by atoms with Crippen LogP contribution in [-0.2, 0) is 17.8 Å². The van der Waals surface area contributed by atoms with Crippen LogP contribution < -0.4 is 10.6 Å². The first-order chi connectivity index (χ1) is 15.7. The molecule has 3 aromatic rings. The number of carbonyl (C=O) groups excluding carboxylic acids is 2. The van der Waals surface area contributed by atoms with Crippen LogP contribution in [0.15, 0.2) is 54.9 Å². The molecule has 0 bridgehead atoms. The number of aromatic nitrogens is 2. The van der Waals surface area contributed by atoms with Gasteiger partial charge in [-0.2, -0.15) is 0 Å². The van der Waals surface area contributed by atoms with Gasteiger partial charge in [-0.3, -0.25) is 24.5 Å². The summed E-state index contributed by atoms with van der Waals surface area (Å²) in [7, 11) is 0. The number of nitrogens with zero attached hydrogens (tertiary/aromatic N) is 3. The Bertz CT molecular complexity index is 1230. The van der Waals surface area contributed by atoms with Crippen molar-refractivity contribution >= 4 is 22.8 Å². The molecule has 2 atom stereocenters. The van der Waals surface area contributed by atoms with Crippen molar-refractivity contribution in [3.63, 3.8) is 0 Å². The van der Waals surface area contributed by atoms with E-state index >= 15 is 0 Å². The fourth-order valence-corrected chi connectivity index (χ4v) is 5.16. The first kappa shape index (κ1) is 21.5. The summed E-state index contributed by atoms with van der Waals surface area (Å²) in [4.78, 5) is 37.5. The first-order valence-corrected chi connectivity index (χ1v) is 11.4. The Balaban J connectivity index is 1.46. The molecule has 0 unspecified atom stereocenters. The van der Waals surface area contributed by atoms with E-state index in [1.165, 1.54) is 0 Å². The summed E-state index contributed by atoms with van der Waals surface area (Å²) in [6, 6.07) is 13.8. The molecule has 1 spiro atoms. The molecule has 5 rings (SSSR count). The zero-order chi connectivity index (χ0) is 23.2. The van der Waals surface area contributed by atoms with Gasteiger partial charge in [0.2, 0.25) is 5.91 Å². The Morgan fingerprint density at radius 1 is 1.15 bits per heavy atom. The summed E-state index contributed by atoms with van der Waals surface area (Å²) >= 11 is 0. The van der Waals surface area contributed by atoms with Gasteiger partial charge in [-0.05, 0) is 56.5 Å². The minimum Gasteiger partial charge on any atom is -0.351 e. The topological polar surface area (TPSA) is 87.2 Å². The van der Waals surface area contributed by atoms with Crippen LogP contribution >= 0.6 is 0 Å². The van der Waals surface area contributed by atoms with Gasteiger partial charge in [0.15, 0.2) is 0 Å². The molecule has 2 aliphatic rings. The molecule has 2 aliphatic heterocycles. The second-order valence-electron chi connectivity index (χ2n) is 10.3. The maximum atomic E-state index is 13.4. The zero-order valence-corrected chi connectivity index (χ0v) is 19.3. The lowest BCUT2D eigenvalue weighted by Gasteiger charge is -2.40. The Morgan fingerprint density at radius 2 is 1.91 bits per heavy atom. The quantitative estimate of drug-likeness (QED) is 0.650. The van der Waals surface area contributed by atoms with E-state index in [1.807, 2.05) is 57.2 Å². The smallest absolute Gasteiger partial charge is 0.252 e. The lowest BCUT2D eigenvalue weighted by Crippen LogP contribution is -2.62. The molecule has 1 saturated heterocycles. The lowest BCUT2D eigenvalue weighted by molar-refractivity contribution is -0.127.